The van der Waals surface area contributed by atoms with Crippen LogP contribution in [0.5, 0.6) is 5.75 Å². The molecule has 4 fully saturated rings. The van der Waals surface area contributed by atoms with E-state index < -0.39 is 49.6 Å². The second kappa shape index (κ2) is 15.2. The molecule has 1 aromatic heterocycles. The lowest BCUT2D eigenvalue weighted by atomic mass is 9.85. The number of carbonyl (C=O) groups is 4. The maximum absolute atomic E-state index is 14.9. The number of Topliss-reactive ketones (excluding diaryl/α,β-unsaturated/α-hetero) is 1. The molecule has 0 unspecified atom stereocenters. The van der Waals surface area contributed by atoms with Gasteiger partial charge in [-0.05, 0) is 89.0 Å². The number of sulfonamides is 1. The van der Waals surface area contributed by atoms with Crippen molar-refractivity contribution in [1.29, 1.82) is 0 Å². The number of allylic oxidation sites excluding steroid dienone is 2. The second-order valence-electron chi connectivity index (χ2n) is 18.1. The SMILES string of the molecule is C.CC(C)COC(=O)C[C@H]1CCCCC/C=C\[C@@H]2C[C@@]2(C(=O)NS(=O)(=O)C2(C)CC2)CC(=O)[C@@H]2C[C@]3(CCc4c(c(C5CC5)nc5ccccc45)O3)CN2C1=O. The Hall–Kier alpha value is -3.80. The summed E-state index contributed by atoms with van der Waals surface area (Å²) < 4.78 is 40.6. The summed E-state index contributed by atoms with van der Waals surface area (Å²) in [5.41, 5.74) is 0.897. The number of benzene rings is 1. The van der Waals surface area contributed by atoms with Gasteiger partial charge in [-0.2, -0.15) is 0 Å². The molecule has 2 amide bonds. The molecule has 1 aromatic carbocycles. The van der Waals surface area contributed by atoms with E-state index >= 15 is 0 Å². The van der Waals surface area contributed by atoms with E-state index in [0.29, 0.717) is 44.4 Å². The van der Waals surface area contributed by atoms with Gasteiger partial charge in [0.25, 0.3) is 0 Å². The molecule has 12 heteroatoms. The van der Waals surface area contributed by atoms with Gasteiger partial charge in [0, 0.05) is 35.6 Å². The molecule has 0 bridgehead atoms. The molecule has 8 rings (SSSR count). The van der Waals surface area contributed by atoms with E-state index in [2.05, 4.69) is 10.8 Å². The zero-order valence-corrected chi connectivity index (χ0v) is 33.3. The highest BCUT2D eigenvalue weighted by atomic mass is 32.2. The topological polar surface area (TPSA) is 149 Å². The van der Waals surface area contributed by atoms with Gasteiger partial charge < -0.3 is 14.4 Å². The van der Waals surface area contributed by atoms with Crippen LogP contribution in [0.1, 0.15) is 135 Å². The summed E-state index contributed by atoms with van der Waals surface area (Å²) >= 11 is 0. The van der Waals surface area contributed by atoms with Gasteiger partial charge >= 0.3 is 5.97 Å². The quantitative estimate of drug-likeness (QED) is 0.218. The van der Waals surface area contributed by atoms with Gasteiger partial charge in [0.05, 0.1) is 47.0 Å². The van der Waals surface area contributed by atoms with Gasteiger partial charge in [0.15, 0.2) is 5.78 Å². The van der Waals surface area contributed by atoms with Crippen molar-refractivity contribution in [2.45, 2.75) is 147 Å². The Labute approximate surface area is 331 Å². The van der Waals surface area contributed by atoms with Gasteiger partial charge in [-0.3, -0.25) is 23.9 Å². The molecular weight excluding hydrogens is 731 g/mol. The zero-order chi connectivity index (χ0) is 38.8. The minimum absolute atomic E-state index is 0. The number of esters is 1. The number of ketones is 1. The molecule has 1 N–H and O–H groups in total. The first-order valence-corrected chi connectivity index (χ1v) is 22.0. The summed E-state index contributed by atoms with van der Waals surface area (Å²) in [7, 11) is -3.93. The largest absolute Gasteiger partial charge is 0.483 e. The maximum atomic E-state index is 14.9. The fraction of sp³-hybridized carbons (Fsp3) is 0.659. The highest BCUT2D eigenvalue weighted by molar-refractivity contribution is 7.91. The standard InChI is InChI=1S/C43H55N3O8S.CH4/c1-27(2)25-53-36(48)21-29-11-7-5-4-6-8-12-30-22-43(30,40(50)45-55(51,52)41(3)19-20-41)24-35(47)34-23-42(26-46(34)39(29)49)18-17-32-31-13-9-10-14-33(31)44-37(28-15-16-28)38(32)54-42;/h8-10,12-14,27-30,34H,4-7,11,15-26H2,1-3H3,(H,45,50);1H4/b12-8-;/t29-,30-,34+,42-,43-;/m1./s1. The van der Waals surface area contributed by atoms with Crippen molar-refractivity contribution in [3.8, 4) is 5.75 Å². The van der Waals surface area contributed by atoms with Gasteiger partial charge in [0.1, 0.15) is 11.4 Å². The Morgan fingerprint density at radius 2 is 1.82 bits per heavy atom. The number of carbonyl (C=O) groups excluding carboxylic acids is 4. The van der Waals surface area contributed by atoms with Gasteiger partial charge in [0.2, 0.25) is 21.8 Å². The van der Waals surface area contributed by atoms with Crippen molar-refractivity contribution in [2.24, 2.45) is 23.2 Å². The molecule has 0 radical (unpaired) electrons. The number of para-hydroxylation sites is 1. The van der Waals surface area contributed by atoms with Gasteiger partial charge in [-0.25, -0.2) is 13.4 Å². The van der Waals surface area contributed by atoms with E-state index in [0.717, 1.165) is 66.4 Å². The van der Waals surface area contributed by atoms with Crippen LogP contribution >= 0.6 is 0 Å². The van der Waals surface area contributed by atoms with Crippen LogP contribution in [0, 0.1) is 23.2 Å². The van der Waals surface area contributed by atoms with E-state index in [1.54, 1.807) is 11.8 Å². The molecule has 4 heterocycles. The number of nitrogens with zero attached hydrogens (tertiary/aromatic N) is 2. The number of ether oxygens (including phenoxy) is 2. The highest BCUT2D eigenvalue weighted by Gasteiger charge is 2.63. The van der Waals surface area contributed by atoms with Crippen LogP contribution < -0.4 is 9.46 Å². The van der Waals surface area contributed by atoms with Gasteiger partial charge in [-0.15, -0.1) is 0 Å². The fourth-order valence-corrected chi connectivity index (χ4v) is 10.5. The average molecular weight is 790 g/mol. The first kappa shape index (κ1) is 40.4. The van der Waals surface area contributed by atoms with E-state index in [-0.39, 0.29) is 63.4 Å². The summed E-state index contributed by atoms with van der Waals surface area (Å²) in [5.74, 6) is -1.36. The lowest BCUT2D eigenvalue weighted by molar-refractivity contribution is -0.151. The van der Waals surface area contributed by atoms with Crippen molar-refractivity contribution in [2.75, 3.05) is 13.2 Å². The molecule has 56 heavy (non-hydrogen) atoms. The molecule has 2 aromatic rings. The number of amides is 2. The summed E-state index contributed by atoms with van der Waals surface area (Å²) in [5, 5.41) is 1.05. The monoisotopic (exact) mass is 789 g/mol. The second-order valence-corrected chi connectivity index (χ2v) is 20.3. The molecule has 11 nitrogen and oxygen atoms in total. The Bertz CT molecular complexity index is 2040. The van der Waals surface area contributed by atoms with E-state index in [4.69, 9.17) is 14.5 Å². The number of hydrogen-bond acceptors (Lipinski definition) is 9. The molecule has 3 saturated carbocycles. The summed E-state index contributed by atoms with van der Waals surface area (Å²) in [4.78, 5) is 63.6. The molecule has 5 atom stereocenters. The molecule has 1 spiro atoms. The van der Waals surface area contributed by atoms with Crippen molar-refractivity contribution in [3.63, 3.8) is 0 Å². The Morgan fingerprint density at radius 3 is 2.55 bits per heavy atom. The Balaban J connectivity index is 0.00000480. The molecule has 304 valence electrons. The van der Waals surface area contributed by atoms with E-state index in [9.17, 15) is 27.6 Å². The first-order valence-electron chi connectivity index (χ1n) is 20.6. The molecule has 3 aliphatic heterocycles. The van der Waals surface area contributed by atoms with Crippen LogP contribution in [0.15, 0.2) is 36.4 Å². The van der Waals surface area contributed by atoms with Crippen LogP contribution in [0.2, 0.25) is 0 Å². The smallest absolute Gasteiger partial charge is 0.306 e. The Kier molecular flexibility index (Phi) is 10.9. The number of nitrogens with one attached hydrogen (secondary N) is 1. The number of aryl methyl sites for hydroxylation is 1. The predicted molar refractivity (Wildman–Crippen MR) is 213 cm³/mol. The van der Waals surface area contributed by atoms with Crippen LogP contribution in [0.25, 0.3) is 10.9 Å². The summed E-state index contributed by atoms with van der Waals surface area (Å²) in [6, 6.07) is 7.20. The fourth-order valence-electron chi connectivity index (χ4n) is 9.13. The number of pyridine rings is 1. The number of rotatable bonds is 8. The third-order valence-electron chi connectivity index (χ3n) is 13.2. The first-order chi connectivity index (χ1) is 26.2. The maximum Gasteiger partial charge on any atom is 0.306 e. The van der Waals surface area contributed by atoms with Crippen molar-refractivity contribution < 1.29 is 37.1 Å². The third kappa shape index (κ3) is 7.75. The van der Waals surface area contributed by atoms with E-state index in [1.165, 1.54) is 0 Å². The van der Waals surface area contributed by atoms with E-state index in [1.807, 2.05) is 44.2 Å². The number of aromatic nitrogens is 1. The number of fused-ring (bicyclic) bond motifs is 5. The molecule has 3 aliphatic carbocycles. The van der Waals surface area contributed by atoms with Crippen LogP contribution in [0.3, 0.4) is 0 Å². The van der Waals surface area contributed by atoms with Gasteiger partial charge in [-0.1, -0.05) is 64.5 Å². The zero-order valence-electron chi connectivity index (χ0n) is 32.4. The van der Waals surface area contributed by atoms with Crippen molar-refractivity contribution in [3.05, 3.63) is 47.7 Å². The summed E-state index contributed by atoms with van der Waals surface area (Å²) in [6.07, 6.45) is 12.3. The predicted octanol–water partition coefficient (Wildman–Crippen LogP) is 7.10. The normalized spacial score (nSPS) is 30.5. The lowest BCUT2D eigenvalue weighted by Gasteiger charge is -2.37. The van der Waals surface area contributed by atoms with Crippen molar-refractivity contribution in [1.82, 2.24) is 14.6 Å². The highest BCUT2D eigenvalue weighted by Crippen LogP contribution is 2.58. The van der Waals surface area contributed by atoms with Crippen molar-refractivity contribution >= 4 is 44.5 Å². The molecular formula is C44H59N3O8S. The summed E-state index contributed by atoms with van der Waals surface area (Å²) in [6.45, 7) is 6.00. The third-order valence-corrected chi connectivity index (χ3v) is 15.3. The van der Waals surface area contributed by atoms with Crippen LogP contribution in [-0.4, -0.2) is 71.4 Å². The van der Waals surface area contributed by atoms with Crippen LogP contribution in [-0.2, 0) is 40.4 Å². The Morgan fingerprint density at radius 1 is 1.05 bits per heavy atom. The molecule has 6 aliphatic rings. The molecule has 1 saturated heterocycles. The number of hydrogen-bond donors (Lipinski definition) is 1. The minimum Gasteiger partial charge on any atom is -0.483 e. The minimum atomic E-state index is -3.93. The average Bonchev–Trinajstić information content (AvgIpc) is 4.08. The lowest BCUT2D eigenvalue weighted by Crippen LogP contribution is -2.48. The van der Waals surface area contributed by atoms with Crippen LogP contribution in [0.4, 0.5) is 0 Å².